The second kappa shape index (κ2) is 10.1. The first-order valence-corrected chi connectivity index (χ1v) is 8.32. The predicted octanol–water partition coefficient (Wildman–Crippen LogP) is 5.63. The fourth-order valence-electron chi connectivity index (χ4n) is 1.89. The Morgan fingerprint density at radius 3 is 2.30 bits per heavy atom. The van der Waals surface area contributed by atoms with E-state index < -0.39 is 0 Å². The standard InChI is InChI=1S/C16H12BrFO2.C3H8/c17-14-8-12(10-19)7-13(9-14)16(20)6-3-11-1-4-15(18)5-2-11;1-3-2/h1-2,4-5,7-10H,3,6H2;3H2,1-2H3. The van der Waals surface area contributed by atoms with Gasteiger partial charge in [0.25, 0.3) is 0 Å². The van der Waals surface area contributed by atoms with E-state index in [1.807, 2.05) is 0 Å². The molecule has 2 aromatic rings. The van der Waals surface area contributed by atoms with E-state index in [-0.39, 0.29) is 11.6 Å². The molecular weight excluding hydrogens is 359 g/mol. The first-order valence-electron chi connectivity index (χ1n) is 7.53. The number of Topliss-reactive ketones (excluding diaryl/α,β-unsaturated/α-hetero) is 1. The van der Waals surface area contributed by atoms with E-state index in [2.05, 4.69) is 29.8 Å². The molecule has 0 aliphatic carbocycles. The number of hydrogen-bond acceptors (Lipinski definition) is 2. The minimum Gasteiger partial charge on any atom is -0.298 e. The molecule has 0 aliphatic heterocycles. The topological polar surface area (TPSA) is 34.1 Å². The van der Waals surface area contributed by atoms with Crippen molar-refractivity contribution >= 4 is 28.0 Å². The maximum Gasteiger partial charge on any atom is 0.163 e. The zero-order valence-corrected chi connectivity index (χ0v) is 14.9. The van der Waals surface area contributed by atoms with Crippen LogP contribution in [0.2, 0.25) is 0 Å². The third kappa shape index (κ3) is 6.87. The third-order valence-electron chi connectivity index (χ3n) is 2.93. The highest BCUT2D eigenvalue weighted by Gasteiger charge is 2.08. The summed E-state index contributed by atoms with van der Waals surface area (Å²) in [6.07, 6.45) is 2.82. The van der Waals surface area contributed by atoms with Crippen molar-refractivity contribution in [2.45, 2.75) is 33.1 Å². The molecule has 0 saturated carbocycles. The van der Waals surface area contributed by atoms with Crippen LogP contribution in [-0.2, 0) is 6.42 Å². The average molecular weight is 379 g/mol. The van der Waals surface area contributed by atoms with Gasteiger partial charge in [0.05, 0.1) is 0 Å². The molecular formula is C19H20BrFO2. The van der Waals surface area contributed by atoms with Gasteiger partial charge in [0.2, 0.25) is 0 Å². The van der Waals surface area contributed by atoms with Gasteiger partial charge in [0.1, 0.15) is 12.1 Å². The van der Waals surface area contributed by atoms with Crippen LogP contribution < -0.4 is 0 Å². The Bertz CT molecular complexity index is 651. The van der Waals surface area contributed by atoms with Gasteiger partial charge in [-0.2, -0.15) is 0 Å². The van der Waals surface area contributed by atoms with Crippen molar-refractivity contribution in [3.63, 3.8) is 0 Å². The summed E-state index contributed by atoms with van der Waals surface area (Å²) in [5.74, 6) is -0.332. The fraction of sp³-hybridized carbons (Fsp3) is 0.263. The lowest BCUT2D eigenvalue weighted by Gasteiger charge is -2.04. The summed E-state index contributed by atoms with van der Waals surface area (Å²) in [5, 5.41) is 0. The Morgan fingerprint density at radius 2 is 1.74 bits per heavy atom. The SMILES string of the molecule is CCC.O=Cc1cc(Br)cc(C(=O)CCc2ccc(F)cc2)c1. The van der Waals surface area contributed by atoms with E-state index >= 15 is 0 Å². The summed E-state index contributed by atoms with van der Waals surface area (Å²) in [5.41, 5.74) is 1.87. The van der Waals surface area contributed by atoms with E-state index in [4.69, 9.17) is 0 Å². The van der Waals surface area contributed by atoms with Crippen LogP contribution in [0.5, 0.6) is 0 Å². The highest BCUT2D eigenvalue weighted by molar-refractivity contribution is 9.10. The number of aryl methyl sites for hydroxylation is 1. The van der Waals surface area contributed by atoms with Crippen LogP contribution in [0.25, 0.3) is 0 Å². The van der Waals surface area contributed by atoms with E-state index in [0.717, 1.165) is 5.56 Å². The maximum atomic E-state index is 12.8. The van der Waals surface area contributed by atoms with Crippen molar-refractivity contribution in [1.82, 2.24) is 0 Å². The van der Waals surface area contributed by atoms with E-state index in [1.54, 1.807) is 30.3 Å². The summed E-state index contributed by atoms with van der Waals surface area (Å²) < 4.78 is 13.5. The number of benzene rings is 2. The van der Waals surface area contributed by atoms with Crippen molar-refractivity contribution in [3.8, 4) is 0 Å². The van der Waals surface area contributed by atoms with Crippen LogP contribution in [0, 0.1) is 5.82 Å². The molecule has 0 aromatic heterocycles. The molecule has 0 aliphatic rings. The number of hydrogen-bond donors (Lipinski definition) is 0. The number of rotatable bonds is 5. The first kappa shape index (κ1) is 19.2. The quantitative estimate of drug-likeness (QED) is 0.498. The molecule has 0 spiro atoms. The number of carbonyl (C=O) groups excluding carboxylic acids is 2. The molecule has 0 radical (unpaired) electrons. The average Bonchev–Trinajstić information content (AvgIpc) is 2.54. The summed E-state index contributed by atoms with van der Waals surface area (Å²) in [4.78, 5) is 22.9. The molecule has 0 N–H and O–H groups in total. The van der Waals surface area contributed by atoms with Gasteiger partial charge in [-0.3, -0.25) is 9.59 Å². The lowest BCUT2D eigenvalue weighted by molar-refractivity contribution is 0.0982. The molecule has 2 nitrogen and oxygen atoms in total. The van der Waals surface area contributed by atoms with Crippen molar-refractivity contribution < 1.29 is 14.0 Å². The summed E-state index contributed by atoms with van der Waals surface area (Å²) in [7, 11) is 0. The van der Waals surface area contributed by atoms with Crippen LogP contribution in [-0.4, -0.2) is 12.1 Å². The molecule has 23 heavy (non-hydrogen) atoms. The molecule has 122 valence electrons. The maximum absolute atomic E-state index is 12.8. The summed E-state index contributed by atoms with van der Waals surface area (Å²) >= 11 is 3.27. The van der Waals surface area contributed by atoms with Gasteiger partial charge in [0.15, 0.2) is 5.78 Å². The van der Waals surface area contributed by atoms with Crippen molar-refractivity contribution in [1.29, 1.82) is 0 Å². The minimum absolute atomic E-state index is 0.0428. The second-order valence-corrected chi connectivity index (χ2v) is 6.06. The van der Waals surface area contributed by atoms with Crippen LogP contribution in [0.3, 0.4) is 0 Å². The van der Waals surface area contributed by atoms with Gasteiger partial charge in [0, 0.05) is 22.0 Å². The lowest BCUT2D eigenvalue weighted by atomic mass is 10.0. The van der Waals surface area contributed by atoms with Gasteiger partial charge < -0.3 is 0 Å². The number of aldehydes is 1. The normalized spacial score (nSPS) is 9.74. The molecule has 0 heterocycles. The third-order valence-corrected chi connectivity index (χ3v) is 3.39. The Kier molecular flexibility index (Phi) is 8.41. The number of carbonyl (C=O) groups is 2. The van der Waals surface area contributed by atoms with Crippen molar-refractivity contribution in [3.05, 3.63) is 69.4 Å². The largest absolute Gasteiger partial charge is 0.298 e. The van der Waals surface area contributed by atoms with E-state index in [9.17, 15) is 14.0 Å². The van der Waals surface area contributed by atoms with Gasteiger partial charge in [-0.25, -0.2) is 4.39 Å². The lowest BCUT2D eigenvalue weighted by Crippen LogP contribution is -2.02. The summed E-state index contributed by atoms with van der Waals surface area (Å²) in [6, 6.07) is 11.0. The Labute approximate surface area is 144 Å². The Hall–Kier alpha value is -1.81. The molecule has 0 fully saturated rings. The number of ketones is 1. The highest BCUT2D eigenvalue weighted by Crippen LogP contribution is 2.17. The Morgan fingerprint density at radius 1 is 1.13 bits per heavy atom. The second-order valence-electron chi connectivity index (χ2n) is 5.15. The van der Waals surface area contributed by atoms with Crippen LogP contribution in [0.15, 0.2) is 46.9 Å². The van der Waals surface area contributed by atoms with Crippen molar-refractivity contribution in [2.24, 2.45) is 0 Å². The van der Waals surface area contributed by atoms with Gasteiger partial charge >= 0.3 is 0 Å². The van der Waals surface area contributed by atoms with E-state index in [1.165, 1.54) is 18.6 Å². The highest BCUT2D eigenvalue weighted by atomic mass is 79.9. The van der Waals surface area contributed by atoms with Crippen LogP contribution >= 0.6 is 15.9 Å². The molecule has 2 rings (SSSR count). The number of halogens is 2. The zero-order valence-electron chi connectivity index (χ0n) is 13.3. The van der Waals surface area contributed by atoms with Crippen LogP contribution in [0.1, 0.15) is 53.0 Å². The molecule has 2 aromatic carbocycles. The fourth-order valence-corrected chi connectivity index (χ4v) is 2.41. The molecule has 4 heteroatoms. The predicted molar refractivity (Wildman–Crippen MR) is 94.5 cm³/mol. The van der Waals surface area contributed by atoms with Gasteiger partial charge in [-0.05, 0) is 42.3 Å². The van der Waals surface area contributed by atoms with E-state index in [0.29, 0.717) is 34.7 Å². The smallest absolute Gasteiger partial charge is 0.163 e. The summed E-state index contributed by atoms with van der Waals surface area (Å²) in [6.45, 7) is 4.25. The zero-order chi connectivity index (χ0) is 17.2. The molecule has 0 atom stereocenters. The molecule has 0 unspecified atom stereocenters. The first-order chi connectivity index (χ1) is 11.0. The molecule has 0 amide bonds. The molecule has 0 bridgehead atoms. The Balaban J connectivity index is 0.000000816. The van der Waals surface area contributed by atoms with Gasteiger partial charge in [-0.1, -0.05) is 48.3 Å². The minimum atomic E-state index is -0.289. The monoisotopic (exact) mass is 378 g/mol. The molecule has 0 saturated heterocycles. The van der Waals surface area contributed by atoms with Gasteiger partial charge in [-0.15, -0.1) is 0 Å². The van der Waals surface area contributed by atoms with Crippen molar-refractivity contribution in [2.75, 3.05) is 0 Å². The van der Waals surface area contributed by atoms with Crippen LogP contribution in [0.4, 0.5) is 4.39 Å².